The molecule has 0 spiro atoms. The Morgan fingerprint density at radius 3 is 2.53 bits per heavy atom. The van der Waals surface area contributed by atoms with Gasteiger partial charge in [-0.15, -0.1) is 12.4 Å². The second kappa shape index (κ2) is 12.3. The molecule has 1 aliphatic rings. The molecule has 0 aliphatic heterocycles. The number of thiazole rings is 1. The van der Waals surface area contributed by atoms with Crippen LogP contribution in [0.3, 0.4) is 0 Å². The van der Waals surface area contributed by atoms with Gasteiger partial charge >= 0.3 is 5.97 Å². The smallest absolute Gasteiger partial charge is 0.308 e. The number of nitrogens with zero attached hydrogens (tertiary/aromatic N) is 3. The van der Waals surface area contributed by atoms with Crippen molar-refractivity contribution in [2.75, 3.05) is 13.2 Å². The molecule has 1 atom stereocenters. The van der Waals surface area contributed by atoms with Crippen LogP contribution in [0.5, 0.6) is 0 Å². The average Bonchev–Trinajstić information content (AvgIpc) is 3.54. The number of benzene rings is 1. The number of aromatic nitrogens is 1. The Balaban J connectivity index is 0.00000408. The minimum Gasteiger partial charge on any atom is -0.466 e. The number of rotatable bonds is 10. The standard InChI is InChI=1S/C22H28N6O4S.ClH/c1-3-32-18(30)11-16(14-7-5-4-6-8-14)26-17(29)12-28(15-9-10-15)20(31)19-13(2)25-22(33-19)27-21(23)24;/h4-8,15-16H,3,9-12H2,1-2H3,(H,26,29)(H4,23,24,25,27);1H. The highest BCUT2D eigenvalue weighted by Crippen LogP contribution is 2.32. The first-order chi connectivity index (χ1) is 15.8. The first-order valence-electron chi connectivity index (χ1n) is 10.7. The summed E-state index contributed by atoms with van der Waals surface area (Å²) in [6.45, 7) is 3.55. The molecule has 5 N–H and O–H groups in total. The molecule has 1 unspecified atom stereocenters. The first kappa shape index (κ1) is 27.1. The van der Waals surface area contributed by atoms with E-state index < -0.39 is 12.0 Å². The molecular formula is C22H29ClN6O4S. The number of amides is 2. The molecule has 1 aromatic heterocycles. The van der Waals surface area contributed by atoms with E-state index in [2.05, 4.69) is 15.3 Å². The lowest BCUT2D eigenvalue weighted by Crippen LogP contribution is -2.43. The Kier molecular flexibility index (Phi) is 9.82. The third-order valence-corrected chi connectivity index (χ3v) is 6.02. The average molecular weight is 509 g/mol. The van der Waals surface area contributed by atoms with Crippen molar-refractivity contribution in [3.8, 4) is 0 Å². The van der Waals surface area contributed by atoms with Crippen LogP contribution in [0.2, 0.25) is 0 Å². The Labute approximate surface area is 208 Å². The monoisotopic (exact) mass is 508 g/mol. The summed E-state index contributed by atoms with van der Waals surface area (Å²) in [6, 6.07) is 8.61. The molecule has 0 bridgehead atoms. The van der Waals surface area contributed by atoms with Gasteiger partial charge in [-0.1, -0.05) is 41.7 Å². The van der Waals surface area contributed by atoms with E-state index in [1.165, 1.54) is 0 Å². The van der Waals surface area contributed by atoms with Crippen LogP contribution in [-0.2, 0) is 14.3 Å². The van der Waals surface area contributed by atoms with Crippen LogP contribution < -0.4 is 16.8 Å². The number of halogens is 1. The van der Waals surface area contributed by atoms with Crippen LogP contribution in [-0.4, -0.2) is 52.8 Å². The minimum absolute atomic E-state index is 0. The van der Waals surface area contributed by atoms with E-state index >= 15 is 0 Å². The van der Waals surface area contributed by atoms with Gasteiger partial charge in [-0.2, -0.15) is 4.99 Å². The number of guanidine groups is 1. The van der Waals surface area contributed by atoms with E-state index in [1.807, 2.05) is 30.3 Å². The van der Waals surface area contributed by atoms with E-state index in [1.54, 1.807) is 18.7 Å². The Hall–Kier alpha value is -3.18. The predicted molar refractivity (Wildman–Crippen MR) is 132 cm³/mol. The number of carbonyl (C=O) groups excluding carboxylic acids is 3. The van der Waals surface area contributed by atoms with Crippen LogP contribution in [0, 0.1) is 6.92 Å². The zero-order valence-electron chi connectivity index (χ0n) is 19.0. The first-order valence-corrected chi connectivity index (χ1v) is 11.5. The van der Waals surface area contributed by atoms with Crippen LogP contribution >= 0.6 is 23.7 Å². The number of esters is 1. The summed E-state index contributed by atoms with van der Waals surface area (Å²) in [5, 5.41) is 3.17. The van der Waals surface area contributed by atoms with Crippen molar-refractivity contribution in [3.05, 3.63) is 46.5 Å². The van der Waals surface area contributed by atoms with Gasteiger partial charge in [-0.3, -0.25) is 14.4 Å². The minimum atomic E-state index is -0.562. The molecule has 1 saturated carbocycles. The SMILES string of the molecule is CCOC(=O)CC(NC(=O)CN(C(=O)c1sc(N=C(N)N)nc1C)C1CC1)c1ccccc1.Cl. The maximum atomic E-state index is 13.2. The fourth-order valence-corrected chi connectivity index (χ4v) is 4.26. The lowest BCUT2D eigenvalue weighted by Gasteiger charge is -2.24. The van der Waals surface area contributed by atoms with Gasteiger partial charge in [-0.05, 0) is 32.3 Å². The van der Waals surface area contributed by atoms with Gasteiger partial charge in [0.25, 0.3) is 5.91 Å². The molecule has 2 amide bonds. The van der Waals surface area contributed by atoms with E-state index in [0.717, 1.165) is 29.7 Å². The molecule has 10 nitrogen and oxygen atoms in total. The van der Waals surface area contributed by atoms with E-state index in [-0.39, 0.29) is 60.9 Å². The summed E-state index contributed by atoms with van der Waals surface area (Å²) in [4.78, 5) is 48.3. The van der Waals surface area contributed by atoms with E-state index in [0.29, 0.717) is 10.6 Å². The van der Waals surface area contributed by atoms with Gasteiger partial charge in [0, 0.05) is 6.04 Å². The number of carbonyl (C=O) groups is 3. The molecule has 0 radical (unpaired) electrons. The number of ether oxygens (including phenoxy) is 1. The second-order valence-electron chi connectivity index (χ2n) is 7.65. The predicted octanol–water partition coefficient (Wildman–Crippen LogP) is 2.19. The lowest BCUT2D eigenvalue weighted by atomic mass is 10.0. The van der Waals surface area contributed by atoms with Crippen molar-refractivity contribution in [1.29, 1.82) is 0 Å². The van der Waals surface area contributed by atoms with E-state index in [9.17, 15) is 14.4 Å². The van der Waals surface area contributed by atoms with Crippen molar-refractivity contribution in [1.82, 2.24) is 15.2 Å². The summed E-state index contributed by atoms with van der Waals surface area (Å²) >= 11 is 1.08. The maximum Gasteiger partial charge on any atom is 0.308 e. The molecule has 1 heterocycles. The molecule has 34 heavy (non-hydrogen) atoms. The number of aliphatic imine (C=N–C) groups is 1. The number of hydrogen-bond donors (Lipinski definition) is 3. The molecule has 184 valence electrons. The van der Waals surface area contributed by atoms with Gasteiger partial charge in [0.2, 0.25) is 11.0 Å². The van der Waals surface area contributed by atoms with Crippen LogP contribution in [0.4, 0.5) is 5.13 Å². The topological polar surface area (TPSA) is 153 Å². The Morgan fingerprint density at radius 1 is 1.26 bits per heavy atom. The van der Waals surface area contributed by atoms with Crippen molar-refractivity contribution < 1.29 is 19.1 Å². The quantitative estimate of drug-likeness (QED) is 0.252. The number of hydrogen-bond acceptors (Lipinski definition) is 7. The van der Waals surface area contributed by atoms with Gasteiger partial charge in [0.15, 0.2) is 5.96 Å². The lowest BCUT2D eigenvalue weighted by molar-refractivity contribution is -0.143. The van der Waals surface area contributed by atoms with Crippen LogP contribution in [0.1, 0.15) is 53.2 Å². The molecule has 1 aromatic carbocycles. The van der Waals surface area contributed by atoms with Crippen LogP contribution in [0.25, 0.3) is 0 Å². The highest BCUT2D eigenvalue weighted by Gasteiger charge is 2.36. The van der Waals surface area contributed by atoms with Gasteiger partial charge in [0.05, 0.1) is 24.8 Å². The summed E-state index contributed by atoms with van der Waals surface area (Å²) in [5.41, 5.74) is 12.1. The Morgan fingerprint density at radius 2 is 1.94 bits per heavy atom. The molecule has 0 saturated heterocycles. The maximum absolute atomic E-state index is 13.2. The van der Waals surface area contributed by atoms with Crippen molar-refractivity contribution >= 4 is 52.6 Å². The van der Waals surface area contributed by atoms with Crippen molar-refractivity contribution in [2.45, 2.75) is 45.2 Å². The molecular weight excluding hydrogens is 480 g/mol. The Bertz CT molecular complexity index is 1040. The number of nitrogens with one attached hydrogen (secondary N) is 1. The molecule has 2 aromatic rings. The van der Waals surface area contributed by atoms with Gasteiger partial charge in [0.1, 0.15) is 11.4 Å². The summed E-state index contributed by atoms with van der Waals surface area (Å²) in [6.07, 6.45) is 1.64. The molecule has 1 fully saturated rings. The van der Waals surface area contributed by atoms with Gasteiger partial charge in [-0.25, -0.2) is 4.98 Å². The molecule has 3 rings (SSSR count). The van der Waals surface area contributed by atoms with Crippen molar-refractivity contribution in [3.63, 3.8) is 0 Å². The number of nitrogens with two attached hydrogens (primary N) is 2. The zero-order chi connectivity index (χ0) is 24.0. The second-order valence-corrected chi connectivity index (χ2v) is 8.63. The largest absolute Gasteiger partial charge is 0.466 e. The highest BCUT2D eigenvalue weighted by molar-refractivity contribution is 7.17. The van der Waals surface area contributed by atoms with E-state index in [4.69, 9.17) is 16.2 Å². The van der Waals surface area contributed by atoms with Crippen molar-refractivity contribution in [2.24, 2.45) is 16.5 Å². The fourth-order valence-electron chi connectivity index (χ4n) is 3.34. The summed E-state index contributed by atoms with van der Waals surface area (Å²) in [7, 11) is 0. The van der Waals surface area contributed by atoms with Crippen LogP contribution in [0.15, 0.2) is 35.3 Å². The summed E-state index contributed by atoms with van der Waals surface area (Å²) in [5.74, 6) is -1.20. The normalized spacial score (nSPS) is 13.2. The summed E-state index contributed by atoms with van der Waals surface area (Å²) < 4.78 is 5.05. The fraction of sp³-hybridized carbons (Fsp3) is 0.409. The molecule has 1 aliphatic carbocycles. The number of aryl methyl sites for hydroxylation is 1. The third-order valence-electron chi connectivity index (χ3n) is 4.98. The zero-order valence-corrected chi connectivity index (χ0v) is 20.7. The highest BCUT2D eigenvalue weighted by atomic mass is 35.5. The molecule has 12 heteroatoms. The van der Waals surface area contributed by atoms with Gasteiger partial charge < -0.3 is 26.4 Å². The third kappa shape index (κ3) is 7.42.